The molecular formula is C16H15N3O2S. The molecule has 0 aliphatic rings. The van der Waals surface area contributed by atoms with Gasteiger partial charge in [0.1, 0.15) is 0 Å². The number of aromatic nitrogens is 2. The third-order valence-corrected chi connectivity index (χ3v) is 4.28. The Kier molecular flexibility index (Phi) is 3.46. The van der Waals surface area contributed by atoms with Crippen molar-refractivity contribution in [1.82, 2.24) is 9.55 Å². The Morgan fingerprint density at radius 1 is 1.27 bits per heavy atom. The Morgan fingerprint density at radius 3 is 2.50 bits per heavy atom. The molecule has 0 spiro atoms. The van der Waals surface area contributed by atoms with Crippen LogP contribution in [0, 0.1) is 13.8 Å². The van der Waals surface area contributed by atoms with Crippen LogP contribution in [0.15, 0.2) is 35.7 Å². The number of anilines is 1. The summed E-state index contributed by atoms with van der Waals surface area (Å²) in [6, 6.07) is 8.90. The van der Waals surface area contributed by atoms with E-state index in [2.05, 4.69) is 15.6 Å². The van der Waals surface area contributed by atoms with Crippen LogP contribution in [0.4, 0.5) is 5.13 Å². The van der Waals surface area contributed by atoms with E-state index in [0.29, 0.717) is 5.13 Å². The normalized spacial score (nSPS) is 10.8. The van der Waals surface area contributed by atoms with Gasteiger partial charge < -0.3 is 15.4 Å². The zero-order valence-electron chi connectivity index (χ0n) is 12.2. The van der Waals surface area contributed by atoms with E-state index in [9.17, 15) is 4.79 Å². The number of aryl methyl sites for hydroxylation is 1. The highest BCUT2D eigenvalue weighted by atomic mass is 32.1. The molecule has 3 rings (SSSR count). The molecule has 5 nitrogen and oxygen atoms in total. The van der Waals surface area contributed by atoms with Crippen molar-refractivity contribution < 1.29 is 9.90 Å². The van der Waals surface area contributed by atoms with Crippen LogP contribution >= 0.6 is 11.3 Å². The number of nitrogen functional groups attached to an aromatic ring is 1. The third-order valence-electron chi connectivity index (χ3n) is 3.60. The lowest BCUT2D eigenvalue weighted by Crippen LogP contribution is -2.01. The largest absolute Gasteiger partial charge is 0.478 e. The third kappa shape index (κ3) is 2.37. The topological polar surface area (TPSA) is 81.1 Å². The molecule has 1 aromatic carbocycles. The van der Waals surface area contributed by atoms with Crippen LogP contribution in [0.25, 0.3) is 16.9 Å². The number of nitrogens with zero attached hydrogens (tertiary/aromatic N) is 2. The summed E-state index contributed by atoms with van der Waals surface area (Å²) in [4.78, 5) is 15.3. The number of aromatic carboxylic acids is 1. The fraction of sp³-hybridized carbons (Fsp3) is 0.125. The zero-order chi connectivity index (χ0) is 15.9. The minimum atomic E-state index is -0.925. The van der Waals surface area contributed by atoms with Crippen molar-refractivity contribution in [3.05, 3.63) is 52.7 Å². The van der Waals surface area contributed by atoms with Crippen molar-refractivity contribution in [3.63, 3.8) is 0 Å². The maximum atomic E-state index is 10.9. The number of benzene rings is 1. The summed E-state index contributed by atoms with van der Waals surface area (Å²) >= 11 is 1.42. The molecular weight excluding hydrogens is 298 g/mol. The number of nitrogens with two attached hydrogens (primary N) is 1. The summed E-state index contributed by atoms with van der Waals surface area (Å²) in [7, 11) is 0. The van der Waals surface area contributed by atoms with E-state index in [1.807, 2.05) is 31.4 Å². The molecule has 0 radical (unpaired) electrons. The first-order valence-corrected chi connectivity index (χ1v) is 7.59. The lowest BCUT2D eigenvalue weighted by molar-refractivity contribution is 0.0697. The van der Waals surface area contributed by atoms with Gasteiger partial charge in [-0.15, -0.1) is 11.3 Å². The van der Waals surface area contributed by atoms with Crippen LogP contribution < -0.4 is 5.73 Å². The summed E-state index contributed by atoms with van der Waals surface area (Å²) in [6.45, 7) is 4.03. The van der Waals surface area contributed by atoms with E-state index < -0.39 is 5.97 Å². The minimum absolute atomic E-state index is 0.277. The van der Waals surface area contributed by atoms with Crippen molar-refractivity contribution in [1.29, 1.82) is 0 Å². The van der Waals surface area contributed by atoms with Crippen molar-refractivity contribution in [3.8, 4) is 16.9 Å². The maximum Gasteiger partial charge on any atom is 0.335 e. The first-order chi connectivity index (χ1) is 10.5. The lowest BCUT2D eigenvalue weighted by Gasteiger charge is -2.10. The average molecular weight is 313 g/mol. The molecule has 0 saturated carbocycles. The molecule has 0 aliphatic carbocycles. The predicted molar refractivity (Wildman–Crippen MR) is 87.7 cm³/mol. The summed E-state index contributed by atoms with van der Waals surface area (Å²) in [6.07, 6.45) is 0. The molecule has 0 bridgehead atoms. The van der Waals surface area contributed by atoms with Gasteiger partial charge in [0.2, 0.25) is 0 Å². The molecule has 6 heteroatoms. The highest BCUT2D eigenvalue weighted by Gasteiger charge is 2.14. The number of rotatable bonds is 3. The van der Waals surface area contributed by atoms with Crippen LogP contribution in [-0.4, -0.2) is 20.6 Å². The number of thiazole rings is 1. The van der Waals surface area contributed by atoms with E-state index in [1.54, 1.807) is 12.1 Å². The second-order valence-corrected chi connectivity index (χ2v) is 5.93. The van der Waals surface area contributed by atoms with E-state index in [0.717, 1.165) is 28.3 Å². The molecule has 0 aliphatic heterocycles. The van der Waals surface area contributed by atoms with Crippen LogP contribution in [0.1, 0.15) is 21.7 Å². The quantitative estimate of drug-likeness (QED) is 0.775. The van der Waals surface area contributed by atoms with Crippen molar-refractivity contribution >= 4 is 22.4 Å². The summed E-state index contributed by atoms with van der Waals surface area (Å²) < 4.78 is 2.08. The van der Waals surface area contributed by atoms with E-state index in [-0.39, 0.29) is 5.56 Å². The summed E-state index contributed by atoms with van der Waals surface area (Å²) in [5, 5.41) is 11.5. The van der Waals surface area contributed by atoms with Crippen LogP contribution in [0.2, 0.25) is 0 Å². The number of carboxylic acid groups (broad SMARTS) is 1. The number of hydrogen-bond acceptors (Lipinski definition) is 4. The number of carbonyl (C=O) groups is 1. The summed E-state index contributed by atoms with van der Waals surface area (Å²) in [5.74, 6) is -0.925. The first kappa shape index (κ1) is 14.3. The molecule has 0 amide bonds. The predicted octanol–water partition coefficient (Wildman–Crippen LogP) is 3.50. The van der Waals surface area contributed by atoms with E-state index >= 15 is 0 Å². The standard InChI is InChI=1S/C16H15N3O2S/c1-9-7-13(14-8-22-16(17)18-14)10(2)19(9)12-5-3-11(4-6-12)15(20)21/h3-8H,1-2H3,(H2,17,18)(H,20,21). The SMILES string of the molecule is Cc1cc(-c2csc(N)n2)c(C)n1-c1ccc(C(=O)O)cc1. The summed E-state index contributed by atoms with van der Waals surface area (Å²) in [5.41, 5.74) is 10.9. The molecule has 0 fully saturated rings. The van der Waals surface area contributed by atoms with Crippen molar-refractivity contribution in [2.45, 2.75) is 13.8 Å². The Morgan fingerprint density at radius 2 is 1.95 bits per heavy atom. The van der Waals surface area contributed by atoms with Crippen molar-refractivity contribution in [2.24, 2.45) is 0 Å². The zero-order valence-corrected chi connectivity index (χ0v) is 13.0. The van der Waals surface area contributed by atoms with Gasteiger partial charge >= 0.3 is 5.97 Å². The minimum Gasteiger partial charge on any atom is -0.478 e. The van der Waals surface area contributed by atoms with Gasteiger partial charge in [-0.05, 0) is 44.2 Å². The molecule has 0 unspecified atom stereocenters. The average Bonchev–Trinajstić information content (AvgIpc) is 3.03. The van der Waals surface area contributed by atoms with Gasteiger partial charge in [0.15, 0.2) is 5.13 Å². The van der Waals surface area contributed by atoms with Gasteiger partial charge in [0.05, 0.1) is 11.3 Å². The Bertz CT molecular complexity index is 847. The molecule has 0 saturated heterocycles. The highest BCUT2D eigenvalue weighted by Crippen LogP contribution is 2.30. The van der Waals surface area contributed by atoms with Gasteiger partial charge in [-0.3, -0.25) is 0 Å². The van der Waals surface area contributed by atoms with Gasteiger partial charge in [0.25, 0.3) is 0 Å². The maximum absolute atomic E-state index is 10.9. The molecule has 112 valence electrons. The second kappa shape index (κ2) is 5.31. The Balaban J connectivity index is 2.08. The van der Waals surface area contributed by atoms with Gasteiger partial charge in [-0.1, -0.05) is 0 Å². The molecule has 3 aromatic rings. The fourth-order valence-corrected chi connectivity index (χ4v) is 3.15. The molecule has 2 aromatic heterocycles. The van der Waals surface area contributed by atoms with E-state index in [4.69, 9.17) is 10.8 Å². The molecule has 3 N–H and O–H groups in total. The molecule has 0 atom stereocenters. The highest BCUT2D eigenvalue weighted by molar-refractivity contribution is 7.13. The van der Waals surface area contributed by atoms with Crippen molar-refractivity contribution in [2.75, 3.05) is 5.73 Å². The van der Waals surface area contributed by atoms with Crippen LogP contribution in [0.3, 0.4) is 0 Å². The Hall–Kier alpha value is -2.60. The smallest absolute Gasteiger partial charge is 0.335 e. The van der Waals surface area contributed by atoms with Crippen LogP contribution in [-0.2, 0) is 0 Å². The second-order valence-electron chi connectivity index (χ2n) is 5.04. The molecule has 22 heavy (non-hydrogen) atoms. The lowest BCUT2D eigenvalue weighted by atomic mass is 10.2. The van der Waals surface area contributed by atoms with Gasteiger partial charge in [-0.25, -0.2) is 9.78 Å². The number of carboxylic acids is 1. The number of hydrogen-bond donors (Lipinski definition) is 2. The fourth-order valence-electron chi connectivity index (χ4n) is 2.58. The molecule has 2 heterocycles. The van der Waals surface area contributed by atoms with Crippen LogP contribution in [0.5, 0.6) is 0 Å². The first-order valence-electron chi connectivity index (χ1n) is 6.71. The van der Waals surface area contributed by atoms with Gasteiger partial charge in [-0.2, -0.15) is 0 Å². The monoisotopic (exact) mass is 313 g/mol. The van der Waals surface area contributed by atoms with E-state index in [1.165, 1.54) is 11.3 Å². The Labute approximate surface area is 131 Å². The van der Waals surface area contributed by atoms with Gasteiger partial charge in [0, 0.05) is 28.0 Å².